The number of hydrogen-bond donors (Lipinski definition) is 0. The number of urea groups is 1. The molecule has 7 rings (SSSR count). The van der Waals surface area contributed by atoms with Gasteiger partial charge in [0, 0.05) is 45.1 Å². The quantitative estimate of drug-likeness (QED) is 0.195. The van der Waals surface area contributed by atoms with Crippen LogP contribution in [0.25, 0.3) is 22.5 Å². The molecule has 2 aliphatic rings. The lowest BCUT2D eigenvalue weighted by Crippen LogP contribution is -2.56. The van der Waals surface area contributed by atoms with Crippen molar-refractivity contribution >= 4 is 28.8 Å². The van der Waals surface area contributed by atoms with Crippen molar-refractivity contribution in [2.75, 3.05) is 19.6 Å². The SMILES string of the molecule is O=C1N(C/C=C/c2ccccc2)C(=O)C2(CCN(Cc3cccc4ccccc34)CC2)N1Cc1ccc(-n2cccn2)cc1. The zero-order valence-corrected chi connectivity index (χ0v) is 24.6. The Hall–Kier alpha value is -5.01. The summed E-state index contributed by atoms with van der Waals surface area (Å²) in [6, 6.07) is 34.6. The van der Waals surface area contributed by atoms with E-state index in [9.17, 15) is 9.59 Å². The third kappa shape index (κ3) is 5.31. The van der Waals surface area contributed by atoms with Crippen molar-refractivity contribution in [2.45, 2.75) is 31.5 Å². The summed E-state index contributed by atoms with van der Waals surface area (Å²) in [5.41, 5.74) is 3.41. The van der Waals surface area contributed by atoms with Crippen LogP contribution in [-0.4, -0.2) is 61.6 Å². The summed E-state index contributed by atoms with van der Waals surface area (Å²) in [5.74, 6) is -0.0850. The summed E-state index contributed by atoms with van der Waals surface area (Å²) in [7, 11) is 0. The fourth-order valence-electron chi connectivity index (χ4n) is 6.61. The van der Waals surface area contributed by atoms with Gasteiger partial charge in [-0.25, -0.2) is 9.48 Å². The lowest BCUT2D eigenvalue weighted by Gasteiger charge is -2.42. The van der Waals surface area contributed by atoms with E-state index in [0.29, 0.717) is 19.4 Å². The lowest BCUT2D eigenvalue weighted by molar-refractivity contribution is -0.135. The number of rotatable bonds is 8. The number of benzene rings is 4. The number of fused-ring (bicyclic) bond motifs is 1. The normalized spacial score (nSPS) is 17.0. The van der Waals surface area contributed by atoms with Crippen LogP contribution in [0.1, 0.15) is 29.5 Å². The molecule has 1 aromatic heterocycles. The van der Waals surface area contributed by atoms with E-state index < -0.39 is 5.54 Å². The Kier molecular flexibility index (Phi) is 7.54. The predicted molar refractivity (Wildman–Crippen MR) is 173 cm³/mol. The third-order valence-electron chi connectivity index (χ3n) is 9.02. The zero-order chi connectivity index (χ0) is 29.9. The molecule has 220 valence electrons. The molecule has 0 bridgehead atoms. The Bertz CT molecular complexity index is 1780. The second-order valence-electron chi connectivity index (χ2n) is 11.7. The minimum Gasteiger partial charge on any atom is -0.305 e. The van der Waals surface area contributed by atoms with Gasteiger partial charge in [0.15, 0.2) is 0 Å². The van der Waals surface area contributed by atoms with Crippen LogP contribution in [0.2, 0.25) is 0 Å². The summed E-state index contributed by atoms with van der Waals surface area (Å²) in [6.07, 6.45) is 8.74. The van der Waals surface area contributed by atoms with Gasteiger partial charge in [0.1, 0.15) is 5.54 Å². The van der Waals surface area contributed by atoms with Crippen LogP contribution in [0.4, 0.5) is 4.79 Å². The van der Waals surface area contributed by atoms with E-state index in [4.69, 9.17) is 0 Å². The first-order chi connectivity index (χ1) is 21.6. The first-order valence-corrected chi connectivity index (χ1v) is 15.2. The van der Waals surface area contributed by atoms with Crippen LogP contribution >= 0.6 is 0 Å². The monoisotopic (exact) mass is 581 g/mol. The smallest absolute Gasteiger partial charge is 0.305 e. The first-order valence-electron chi connectivity index (χ1n) is 15.2. The molecule has 0 unspecified atom stereocenters. The zero-order valence-electron chi connectivity index (χ0n) is 24.6. The Morgan fingerprint density at radius 3 is 2.30 bits per heavy atom. The van der Waals surface area contributed by atoms with Crippen LogP contribution in [0.3, 0.4) is 0 Å². The topological polar surface area (TPSA) is 61.7 Å². The number of carbonyl (C=O) groups is 2. The van der Waals surface area contributed by atoms with Crippen molar-refractivity contribution < 1.29 is 9.59 Å². The molecule has 7 nitrogen and oxygen atoms in total. The van der Waals surface area contributed by atoms with Crippen molar-refractivity contribution in [3.8, 4) is 5.69 Å². The van der Waals surface area contributed by atoms with Gasteiger partial charge in [0.25, 0.3) is 5.91 Å². The van der Waals surface area contributed by atoms with Crippen molar-refractivity contribution in [3.05, 3.63) is 138 Å². The molecule has 7 heteroatoms. The molecule has 1 spiro atoms. The number of aromatic nitrogens is 2. The van der Waals surface area contributed by atoms with Crippen LogP contribution < -0.4 is 0 Å². The fraction of sp³-hybridized carbons (Fsp3) is 0.216. The Morgan fingerprint density at radius 2 is 1.52 bits per heavy atom. The van der Waals surface area contributed by atoms with E-state index >= 15 is 0 Å². The number of imide groups is 1. The van der Waals surface area contributed by atoms with Gasteiger partial charge in [-0.15, -0.1) is 0 Å². The van der Waals surface area contributed by atoms with Gasteiger partial charge in [-0.3, -0.25) is 14.6 Å². The first kappa shape index (κ1) is 27.8. The van der Waals surface area contributed by atoms with Crippen molar-refractivity contribution in [2.24, 2.45) is 0 Å². The average molecular weight is 582 g/mol. The third-order valence-corrected chi connectivity index (χ3v) is 9.02. The second-order valence-corrected chi connectivity index (χ2v) is 11.7. The van der Waals surface area contributed by atoms with E-state index in [1.807, 2.05) is 88.6 Å². The van der Waals surface area contributed by atoms with Crippen LogP contribution in [0.15, 0.2) is 122 Å². The molecule has 5 aromatic rings. The summed E-state index contributed by atoms with van der Waals surface area (Å²) < 4.78 is 1.81. The van der Waals surface area contributed by atoms with Gasteiger partial charge in [-0.1, -0.05) is 97.1 Å². The number of amides is 3. The lowest BCUT2D eigenvalue weighted by atomic mass is 9.85. The summed E-state index contributed by atoms with van der Waals surface area (Å²) >= 11 is 0. The molecule has 3 amide bonds. The summed E-state index contributed by atoms with van der Waals surface area (Å²) in [5, 5.41) is 6.81. The minimum absolute atomic E-state index is 0.0850. The van der Waals surface area contributed by atoms with Crippen LogP contribution in [0.5, 0.6) is 0 Å². The summed E-state index contributed by atoms with van der Waals surface area (Å²) in [6.45, 7) is 2.93. The van der Waals surface area contributed by atoms with E-state index in [-0.39, 0.29) is 18.5 Å². The maximum absolute atomic E-state index is 14.2. The van der Waals surface area contributed by atoms with E-state index in [1.54, 1.807) is 6.20 Å². The van der Waals surface area contributed by atoms with E-state index in [0.717, 1.165) is 36.4 Å². The Morgan fingerprint density at radius 1 is 0.773 bits per heavy atom. The van der Waals surface area contributed by atoms with Gasteiger partial charge in [-0.05, 0) is 58.5 Å². The largest absolute Gasteiger partial charge is 0.328 e. The van der Waals surface area contributed by atoms with Gasteiger partial charge in [0.2, 0.25) is 0 Å². The average Bonchev–Trinajstić information content (AvgIpc) is 3.67. The molecule has 2 saturated heterocycles. The number of hydrogen-bond acceptors (Lipinski definition) is 4. The Labute approximate surface area is 257 Å². The highest BCUT2D eigenvalue weighted by molar-refractivity contribution is 6.07. The number of likely N-dealkylation sites (tertiary alicyclic amines) is 1. The molecular formula is C37H35N5O2. The molecule has 3 heterocycles. The molecule has 2 aliphatic heterocycles. The molecule has 0 N–H and O–H groups in total. The van der Waals surface area contributed by atoms with Crippen molar-refractivity contribution in [3.63, 3.8) is 0 Å². The van der Waals surface area contributed by atoms with Gasteiger partial charge >= 0.3 is 6.03 Å². The molecule has 0 radical (unpaired) electrons. The van der Waals surface area contributed by atoms with Crippen LogP contribution in [0, 0.1) is 0 Å². The molecular weight excluding hydrogens is 546 g/mol. The second kappa shape index (κ2) is 11.9. The number of piperidine rings is 1. The molecule has 2 fully saturated rings. The standard InChI is InChI=1S/C37H35N5O2/c43-35-37(20-25-39(26-21-37)28-32-14-6-13-31-12-4-5-15-34(31)32)41(27-30-16-18-33(19-17-30)42-24-8-22-38-42)36(44)40(35)23-7-11-29-9-2-1-3-10-29/h1-19,22,24H,20-21,23,25-28H2/b11-7+. The maximum Gasteiger partial charge on any atom is 0.328 e. The molecule has 0 atom stereocenters. The van der Waals surface area contributed by atoms with Gasteiger partial charge in [0.05, 0.1) is 5.69 Å². The molecule has 0 aliphatic carbocycles. The van der Waals surface area contributed by atoms with Crippen molar-refractivity contribution in [1.82, 2.24) is 24.5 Å². The fourth-order valence-corrected chi connectivity index (χ4v) is 6.61. The van der Waals surface area contributed by atoms with E-state index in [1.165, 1.54) is 21.2 Å². The predicted octanol–water partition coefficient (Wildman–Crippen LogP) is 6.54. The molecule has 0 saturated carbocycles. The van der Waals surface area contributed by atoms with Gasteiger partial charge < -0.3 is 4.90 Å². The van der Waals surface area contributed by atoms with Crippen LogP contribution in [-0.2, 0) is 17.9 Å². The van der Waals surface area contributed by atoms with E-state index in [2.05, 4.69) is 52.5 Å². The minimum atomic E-state index is -0.854. The highest BCUT2D eigenvalue weighted by Gasteiger charge is 2.57. The molecule has 44 heavy (non-hydrogen) atoms. The summed E-state index contributed by atoms with van der Waals surface area (Å²) in [4.78, 5) is 33.9. The highest BCUT2D eigenvalue weighted by atomic mass is 16.2. The Balaban J connectivity index is 1.12. The van der Waals surface area contributed by atoms with Gasteiger partial charge in [-0.2, -0.15) is 5.10 Å². The number of nitrogens with zero attached hydrogens (tertiary/aromatic N) is 5. The van der Waals surface area contributed by atoms with Crippen molar-refractivity contribution in [1.29, 1.82) is 0 Å². The highest BCUT2D eigenvalue weighted by Crippen LogP contribution is 2.39. The number of carbonyl (C=O) groups excluding carboxylic acids is 2. The maximum atomic E-state index is 14.2. The molecule has 4 aromatic carbocycles.